The van der Waals surface area contributed by atoms with Crippen LogP contribution in [-0.2, 0) is 4.79 Å². The summed E-state index contributed by atoms with van der Waals surface area (Å²) in [6.45, 7) is 0.0468. The number of benzene rings is 1. The van der Waals surface area contributed by atoms with Gasteiger partial charge >= 0.3 is 29.6 Å². The summed E-state index contributed by atoms with van der Waals surface area (Å²) in [5.74, 6) is -0.947. The number of carboxylic acids is 1. The summed E-state index contributed by atoms with van der Waals surface area (Å²) in [7, 11) is 0. The Labute approximate surface area is 204 Å². The standard InChI is InChI=1S/C22H29ClO6.Na/c23-15-6-5-7-17(12-15)29-14-16(24)10-11-19-18(20(25)13-21(19)26)8-3-1-2-4-9-22(27)28;/h1,3,5-7,10-12,16,18-21,24-26H,2,4,8-9,13-14H2,(H,27,28);/q;+1/p-1/t16-,18-,19-,20-,21+;/m1./s1. The Balaban J connectivity index is 0.00000450. The van der Waals surface area contributed by atoms with Crippen LogP contribution in [0.1, 0.15) is 32.1 Å². The molecule has 1 fully saturated rings. The average molecular weight is 447 g/mol. The zero-order valence-electron chi connectivity index (χ0n) is 17.2. The van der Waals surface area contributed by atoms with E-state index in [1.165, 1.54) is 0 Å². The maximum atomic E-state index is 10.4. The third kappa shape index (κ3) is 9.52. The molecular formula is C22H28ClNaO6. The minimum Gasteiger partial charge on any atom is -0.550 e. The molecule has 0 amide bonds. The van der Waals surface area contributed by atoms with Crippen molar-refractivity contribution >= 4 is 17.6 Å². The predicted molar refractivity (Wildman–Crippen MR) is 108 cm³/mol. The zero-order chi connectivity index (χ0) is 21.2. The number of ether oxygens (including phenoxy) is 1. The summed E-state index contributed by atoms with van der Waals surface area (Å²) in [5, 5.41) is 41.6. The fourth-order valence-corrected chi connectivity index (χ4v) is 3.67. The van der Waals surface area contributed by atoms with Crippen molar-refractivity contribution in [3.8, 4) is 5.75 Å². The second-order valence-corrected chi connectivity index (χ2v) is 7.74. The fourth-order valence-electron chi connectivity index (χ4n) is 3.49. The quantitative estimate of drug-likeness (QED) is 0.225. The van der Waals surface area contributed by atoms with Gasteiger partial charge in [0.1, 0.15) is 18.5 Å². The number of rotatable bonds is 11. The van der Waals surface area contributed by atoms with E-state index in [0.717, 1.165) is 0 Å². The van der Waals surface area contributed by atoms with Gasteiger partial charge in [0.2, 0.25) is 0 Å². The maximum absolute atomic E-state index is 10.4. The predicted octanol–water partition coefficient (Wildman–Crippen LogP) is -1.14. The molecule has 0 aliphatic heterocycles. The van der Waals surface area contributed by atoms with Crippen molar-refractivity contribution in [2.75, 3.05) is 6.61 Å². The molecule has 8 heteroatoms. The van der Waals surface area contributed by atoms with E-state index in [2.05, 4.69) is 0 Å². The van der Waals surface area contributed by atoms with Crippen LogP contribution in [0, 0.1) is 11.8 Å². The molecule has 6 nitrogen and oxygen atoms in total. The number of carbonyl (C=O) groups is 1. The number of hydrogen-bond acceptors (Lipinski definition) is 6. The van der Waals surface area contributed by atoms with Gasteiger partial charge in [-0.2, -0.15) is 0 Å². The van der Waals surface area contributed by atoms with Crippen LogP contribution in [0.2, 0.25) is 5.02 Å². The number of aliphatic hydroxyl groups excluding tert-OH is 3. The van der Waals surface area contributed by atoms with Gasteiger partial charge < -0.3 is 30.0 Å². The van der Waals surface area contributed by atoms with Crippen molar-refractivity contribution in [3.05, 3.63) is 53.6 Å². The third-order valence-electron chi connectivity index (χ3n) is 5.01. The first kappa shape index (κ1) is 27.2. The first-order chi connectivity index (χ1) is 13.9. The molecule has 0 radical (unpaired) electrons. The third-order valence-corrected chi connectivity index (χ3v) is 5.25. The Hall–Kier alpha value is -0.860. The number of aliphatic carboxylic acids is 1. The van der Waals surface area contributed by atoms with Crippen molar-refractivity contribution in [2.45, 2.75) is 50.4 Å². The molecule has 0 spiro atoms. The van der Waals surface area contributed by atoms with Crippen LogP contribution in [0.15, 0.2) is 48.6 Å². The minimum atomic E-state index is -1.06. The molecular weight excluding hydrogens is 419 g/mol. The Morgan fingerprint density at radius 1 is 1.30 bits per heavy atom. The molecule has 5 atom stereocenters. The molecule has 2 rings (SSSR count). The van der Waals surface area contributed by atoms with Gasteiger partial charge in [-0.1, -0.05) is 42.0 Å². The number of allylic oxidation sites excluding steroid dienone is 2. The van der Waals surface area contributed by atoms with E-state index in [0.29, 0.717) is 30.0 Å². The Bertz CT molecular complexity index is 711. The molecule has 30 heavy (non-hydrogen) atoms. The van der Waals surface area contributed by atoms with Crippen LogP contribution < -0.4 is 39.4 Å². The first-order valence-electron chi connectivity index (χ1n) is 9.82. The molecule has 1 aromatic carbocycles. The Morgan fingerprint density at radius 3 is 2.77 bits per heavy atom. The number of hydrogen-bond donors (Lipinski definition) is 3. The second-order valence-electron chi connectivity index (χ2n) is 7.30. The topological polar surface area (TPSA) is 110 Å². The summed E-state index contributed by atoms with van der Waals surface area (Å²) < 4.78 is 5.50. The molecule has 0 heterocycles. The monoisotopic (exact) mass is 446 g/mol. The maximum Gasteiger partial charge on any atom is 1.00 e. The molecule has 3 N–H and O–H groups in total. The Morgan fingerprint density at radius 2 is 2.07 bits per heavy atom. The van der Waals surface area contributed by atoms with Gasteiger partial charge in [-0.15, -0.1) is 0 Å². The molecule has 0 bridgehead atoms. The van der Waals surface area contributed by atoms with Crippen LogP contribution in [0.5, 0.6) is 5.75 Å². The summed E-state index contributed by atoms with van der Waals surface area (Å²) in [6.07, 6.45) is 6.93. The number of carbonyl (C=O) groups excluding carboxylic acids is 1. The smallest absolute Gasteiger partial charge is 0.550 e. The molecule has 1 saturated carbocycles. The number of aliphatic hydroxyl groups is 3. The van der Waals surface area contributed by atoms with E-state index < -0.39 is 24.3 Å². The van der Waals surface area contributed by atoms with E-state index in [1.54, 1.807) is 36.4 Å². The van der Waals surface area contributed by atoms with Gasteiger partial charge in [0, 0.05) is 23.3 Å². The molecule has 1 aliphatic rings. The molecule has 0 aromatic heterocycles. The zero-order valence-corrected chi connectivity index (χ0v) is 19.9. The van der Waals surface area contributed by atoms with Gasteiger partial charge in [0.25, 0.3) is 0 Å². The average Bonchev–Trinajstić information content (AvgIpc) is 2.93. The van der Waals surface area contributed by atoms with E-state index >= 15 is 0 Å². The molecule has 0 unspecified atom stereocenters. The van der Waals surface area contributed by atoms with E-state index in [1.807, 2.05) is 12.2 Å². The normalized spacial score (nSPS) is 24.8. The van der Waals surface area contributed by atoms with Crippen LogP contribution in [-0.4, -0.2) is 46.2 Å². The molecule has 0 saturated heterocycles. The van der Waals surface area contributed by atoms with Crippen molar-refractivity contribution in [3.63, 3.8) is 0 Å². The molecule has 160 valence electrons. The summed E-state index contributed by atoms with van der Waals surface area (Å²) in [5.41, 5.74) is 0. The van der Waals surface area contributed by atoms with E-state index in [-0.39, 0.29) is 60.8 Å². The van der Waals surface area contributed by atoms with Crippen LogP contribution in [0.4, 0.5) is 0 Å². The van der Waals surface area contributed by atoms with E-state index in [4.69, 9.17) is 16.3 Å². The number of carboxylic acid groups (broad SMARTS) is 1. The van der Waals surface area contributed by atoms with Gasteiger partial charge in [-0.05, 0) is 49.8 Å². The Kier molecular flexibility index (Phi) is 12.9. The second kappa shape index (κ2) is 14.2. The fraction of sp³-hybridized carbons (Fsp3) is 0.500. The van der Waals surface area contributed by atoms with Crippen LogP contribution in [0.25, 0.3) is 0 Å². The summed E-state index contributed by atoms with van der Waals surface area (Å²) in [4.78, 5) is 10.4. The number of unbranched alkanes of at least 4 members (excludes halogenated alkanes) is 1. The van der Waals surface area contributed by atoms with Crippen LogP contribution in [0.3, 0.4) is 0 Å². The summed E-state index contributed by atoms with van der Waals surface area (Å²) >= 11 is 5.89. The van der Waals surface area contributed by atoms with Gasteiger partial charge in [0.05, 0.1) is 12.2 Å². The van der Waals surface area contributed by atoms with Crippen molar-refractivity contribution in [1.29, 1.82) is 0 Å². The van der Waals surface area contributed by atoms with Gasteiger partial charge in [-0.25, -0.2) is 0 Å². The SMILES string of the molecule is O=C([O-])CCCC=CC[C@@H]1[C@@H](C=C[C@@H](O)COc2cccc(Cl)c2)[C@@H](O)C[C@H]1O.[Na+]. The minimum absolute atomic E-state index is 0. The number of halogens is 1. The first-order valence-corrected chi connectivity index (χ1v) is 10.2. The largest absolute Gasteiger partial charge is 1.00 e. The van der Waals surface area contributed by atoms with E-state index in [9.17, 15) is 25.2 Å². The van der Waals surface area contributed by atoms with Gasteiger partial charge in [0.15, 0.2) is 0 Å². The van der Waals surface area contributed by atoms with Crippen molar-refractivity contribution in [1.82, 2.24) is 0 Å². The van der Waals surface area contributed by atoms with Crippen molar-refractivity contribution in [2.24, 2.45) is 11.8 Å². The molecule has 1 aliphatic carbocycles. The van der Waals surface area contributed by atoms with Crippen molar-refractivity contribution < 1.29 is 59.5 Å². The molecule has 1 aromatic rings. The van der Waals surface area contributed by atoms with Crippen LogP contribution >= 0.6 is 11.6 Å². The summed E-state index contributed by atoms with van der Waals surface area (Å²) in [6, 6.07) is 6.89. The van der Waals surface area contributed by atoms with Gasteiger partial charge in [-0.3, -0.25) is 0 Å².